The molecule has 7 heteroatoms. The summed E-state index contributed by atoms with van der Waals surface area (Å²) in [6, 6.07) is 6.01. The molecule has 1 aromatic heterocycles. The molecule has 0 spiro atoms. The van der Waals surface area contributed by atoms with E-state index in [1.165, 1.54) is 37.6 Å². The Morgan fingerprint density at radius 2 is 2.23 bits per heavy atom. The molecule has 0 bridgehead atoms. The van der Waals surface area contributed by atoms with Crippen molar-refractivity contribution in [2.24, 2.45) is 0 Å². The Balaban J connectivity index is 1.95. The molecule has 1 unspecified atom stereocenters. The van der Waals surface area contributed by atoms with Gasteiger partial charge in [-0.2, -0.15) is 0 Å². The lowest BCUT2D eigenvalue weighted by Gasteiger charge is -2.10. The zero-order valence-electron chi connectivity index (χ0n) is 12.0. The minimum atomic E-state index is -0.731. The van der Waals surface area contributed by atoms with Gasteiger partial charge in [0.1, 0.15) is 0 Å². The Morgan fingerprint density at radius 3 is 2.86 bits per heavy atom. The number of carbonyl (C=O) groups excluding carboxylic acids is 1. The molecular weight excluding hydrogens is 288 g/mol. The lowest BCUT2D eigenvalue weighted by Crippen LogP contribution is -2.26. The maximum atomic E-state index is 12.1. The number of rotatable bonds is 6. The average molecular weight is 304 g/mol. The number of nitro benzene ring substituents is 1. The van der Waals surface area contributed by atoms with Crippen LogP contribution in [0.4, 0.5) is 5.69 Å². The van der Waals surface area contributed by atoms with Gasteiger partial charge in [0, 0.05) is 29.3 Å². The zero-order valence-corrected chi connectivity index (χ0v) is 12.0. The van der Waals surface area contributed by atoms with Crippen LogP contribution in [-0.2, 0) is 0 Å². The molecule has 116 valence electrons. The third-order valence-electron chi connectivity index (χ3n) is 3.38. The van der Waals surface area contributed by atoms with Crippen LogP contribution in [0.15, 0.2) is 41.2 Å². The van der Waals surface area contributed by atoms with E-state index in [-0.39, 0.29) is 17.8 Å². The van der Waals surface area contributed by atoms with Crippen molar-refractivity contribution in [2.75, 3.05) is 6.54 Å². The molecule has 2 rings (SSSR count). The van der Waals surface area contributed by atoms with E-state index < -0.39 is 16.9 Å². The molecule has 0 saturated carbocycles. The molecule has 0 aliphatic carbocycles. The van der Waals surface area contributed by atoms with Crippen LogP contribution in [0.1, 0.15) is 34.0 Å². The Hall–Kier alpha value is -2.67. The first-order valence-electron chi connectivity index (χ1n) is 6.73. The molecule has 0 aliphatic rings. The van der Waals surface area contributed by atoms with Crippen LogP contribution in [0, 0.1) is 17.0 Å². The fraction of sp³-hybridized carbons (Fsp3) is 0.267. The average Bonchev–Trinajstić information content (AvgIpc) is 3.01. The van der Waals surface area contributed by atoms with Gasteiger partial charge in [-0.1, -0.05) is 6.07 Å². The second-order valence-corrected chi connectivity index (χ2v) is 4.82. The summed E-state index contributed by atoms with van der Waals surface area (Å²) >= 11 is 0. The summed E-state index contributed by atoms with van der Waals surface area (Å²) < 4.78 is 4.87. The van der Waals surface area contributed by atoms with Gasteiger partial charge in [0.05, 0.1) is 23.6 Å². The third kappa shape index (κ3) is 3.50. The van der Waals surface area contributed by atoms with Gasteiger partial charge in [-0.05, 0) is 25.5 Å². The van der Waals surface area contributed by atoms with Crippen molar-refractivity contribution in [3.05, 3.63) is 63.6 Å². The van der Waals surface area contributed by atoms with Crippen LogP contribution in [0.25, 0.3) is 0 Å². The van der Waals surface area contributed by atoms with Gasteiger partial charge in [0.15, 0.2) is 0 Å². The van der Waals surface area contributed by atoms with E-state index in [2.05, 4.69) is 5.32 Å². The predicted octanol–water partition coefficient (Wildman–Crippen LogP) is 2.35. The minimum absolute atomic E-state index is 0.0916. The standard InChI is InChI=1S/C15H16N2O5/c1-10-12(3-2-4-13(10)17(20)21)15(19)16-7-5-14(18)11-6-8-22-9-11/h2-4,6,8-9,14,18H,5,7H2,1H3,(H,16,19). The van der Waals surface area contributed by atoms with Crippen LogP contribution in [0.5, 0.6) is 0 Å². The van der Waals surface area contributed by atoms with E-state index in [9.17, 15) is 20.0 Å². The molecule has 0 fully saturated rings. The number of nitro groups is 1. The lowest BCUT2D eigenvalue weighted by molar-refractivity contribution is -0.385. The highest BCUT2D eigenvalue weighted by molar-refractivity contribution is 5.96. The minimum Gasteiger partial charge on any atom is -0.472 e. The number of nitrogens with one attached hydrogen (secondary N) is 1. The van der Waals surface area contributed by atoms with Gasteiger partial charge >= 0.3 is 0 Å². The van der Waals surface area contributed by atoms with Crippen LogP contribution < -0.4 is 5.32 Å². The van der Waals surface area contributed by atoms with Crippen molar-refractivity contribution in [3.8, 4) is 0 Å². The maximum Gasteiger partial charge on any atom is 0.273 e. The number of benzene rings is 1. The van der Waals surface area contributed by atoms with Crippen LogP contribution in [0.3, 0.4) is 0 Å². The monoisotopic (exact) mass is 304 g/mol. The lowest BCUT2D eigenvalue weighted by atomic mass is 10.1. The number of furan rings is 1. The first-order chi connectivity index (χ1) is 10.5. The largest absolute Gasteiger partial charge is 0.472 e. The highest BCUT2D eigenvalue weighted by Gasteiger charge is 2.18. The van der Waals surface area contributed by atoms with Crippen molar-refractivity contribution in [2.45, 2.75) is 19.4 Å². The second-order valence-electron chi connectivity index (χ2n) is 4.82. The highest BCUT2D eigenvalue weighted by Crippen LogP contribution is 2.21. The molecule has 22 heavy (non-hydrogen) atoms. The van der Waals surface area contributed by atoms with Crippen LogP contribution in [0.2, 0.25) is 0 Å². The van der Waals surface area contributed by atoms with Gasteiger partial charge in [0.25, 0.3) is 11.6 Å². The number of aliphatic hydroxyl groups excluding tert-OH is 1. The maximum absolute atomic E-state index is 12.1. The van der Waals surface area contributed by atoms with Gasteiger partial charge in [-0.25, -0.2) is 0 Å². The van der Waals surface area contributed by atoms with Gasteiger partial charge < -0.3 is 14.8 Å². The Kier molecular flexibility index (Phi) is 4.90. The van der Waals surface area contributed by atoms with Gasteiger partial charge in [-0.15, -0.1) is 0 Å². The molecule has 2 aromatic rings. The summed E-state index contributed by atoms with van der Waals surface area (Å²) in [4.78, 5) is 22.4. The summed E-state index contributed by atoms with van der Waals surface area (Å²) in [6.07, 6.45) is 2.49. The number of amides is 1. The molecule has 1 heterocycles. The van der Waals surface area contributed by atoms with E-state index in [4.69, 9.17) is 4.42 Å². The Morgan fingerprint density at radius 1 is 1.45 bits per heavy atom. The molecule has 0 radical (unpaired) electrons. The van der Waals surface area contributed by atoms with Crippen molar-refractivity contribution in [3.63, 3.8) is 0 Å². The molecule has 0 saturated heterocycles. The SMILES string of the molecule is Cc1c(C(=O)NCCC(O)c2ccoc2)cccc1[N+](=O)[O-]. The van der Waals surface area contributed by atoms with Gasteiger partial charge in [0.2, 0.25) is 0 Å². The first-order valence-corrected chi connectivity index (χ1v) is 6.73. The van der Waals surface area contributed by atoms with E-state index in [1.807, 2.05) is 0 Å². The molecule has 1 atom stereocenters. The smallest absolute Gasteiger partial charge is 0.273 e. The predicted molar refractivity (Wildman–Crippen MR) is 78.5 cm³/mol. The van der Waals surface area contributed by atoms with Crippen molar-refractivity contribution in [1.82, 2.24) is 5.32 Å². The molecule has 1 aromatic carbocycles. The van der Waals surface area contributed by atoms with Crippen molar-refractivity contribution < 1.29 is 19.2 Å². The molecule has 0 aliphatic heterocycles. The fourth-order valence-corrected chi connectivity index (χ4v) is 2.12. The van der Waals surface area contributed by atoms with E-state index >= 15 is 0 Å². The number of hydrogen-bond acceptors (Lipinski definition) is 5. The van der Waals surface area contributed by atoms with Crippen molar-refractivity contribution >= 4 is 11.6 Å². The van der Waals surface area contributed by atoms with E-state index in [0.717, 1.165) is 0 Å². The molecular formula is C15H16N2O5. The Labute approximate surface area is 126 Å². The first kappa shape index (κ1) is 15.7. The number of aliphatic hydroxyl groups is 1. The zero-order chi connectivity index (χ0) is 16.1. The summed E-state index contributed by atoms with van der Waals surface area (Å²) in [5, 5.41) is 23.4. The molecule has 2 N–H and O–H groups in total. The Bertz CT molecular complexity index is 667. The number of nitrogens with zero attached hydrogens (tertiary/aromatic N) is 1. The van der Waals surface area contributed by atoms with E-state index in [1.54, 1.807) is 6.07 Å². The van der Waals surface area contributed by atoms with E-state index in [0.29, 0.717) is 17.5 Å². The topological polar surface area (TPSA) is 106 Å². The summed E-state index contributed by atoms with van der Waals surface area (Å²) in [7, 11) is 0. The second kappa shape index (κ2) is 6.86. The summed E-state index contributed by atoms with van der Waals surface area (Å²) in [5.74, 6) is -0.402. The van der Waals surface area contributed by atoms with Gasteiger partial charge in [-0.3, -0.25) is 14.9 Å². The molecule has 7 nitrogen and oxygen atoms in total. The fourth-order valence-electron chi connectivity index (χ4n) is 2.12. The van der Waals surface area contributed by atoms with Crippen LogP contribution in [-0.4, -0.2) is 22.5 Å². The number of hydrogen-bond donors (Lipinski definition) is 2. The van der Waals surface area contributed by atoms with Crippen LogP contribution >= 0.6 is 0 Å². The molecule has 1 amide bonds. The summed E-state index contributed by atoms with van der Waals surface area (Å²) in [6.45, 7) is 1.78. The van der Waals surface area contributed by atoms with Crippen molar-refractivity contribution in [1.29, 1.82) is 0 Å². The highest BCUT2D eigenvalue weighted by atomic mass is 16.6. The normalized spacial score (nSPS) is 11.9. The summed E-state index contributed by atoms with van der Waals surface area (Å²) in [5.41, 5.74) is 1.12. The third-order valence-corrected chi connectivity index (χ3v) is 3.38. The number of carbonyl (C=O) groups is 1. The quantitative estimate of drug-likeness (QED) is 0.629.